The molecule has 0 bridgehead atoms. The van der Waals surface area contributed by atoms with Crippen LogP contribution in [0.3, 0.4) is 0 Å². The molecule has 1 saturated carbocycles. The Labute approximate surface area is 157 Å². The van der Waals surface area contributed by atoms with Crippen molar-refractivity contribution in [3.05, 3.63) is 16.0 Å². The number of nitrogens with one attached hydrogen (secondary N) is 2. The normalized spacial score (nSPS) is 20.2. The van der Waals surface area contributed by atoms with Gasteiger partial charge in [-0.15, -0.1) is 11.3 Å². The van der Waals surface area contributed by atoms with E-state index in [0.717, 1.165) is 37.7 Å². The lowest BCUT2D eigenvalue weighted by atomic mass is 9.88. The predicted molar refractivity (Wildman–Crippen MR) is 101 cm³/mol. The van der Waals surface area contributed by atoms with Gasteiger partial charge >= 0.3 is 5.97 Å². The molecule has 6 nitrogen and oxygen atoms in total. The summed E-state index contributed by atoms with van der Waals surface area (Å²) in [6, 6.07) is 0.264. The van der Waals surface area contributed by atoms with Gasteiger partial charge in [-0.1, -0.05) is 13.8 Å². The van der Waals surface area contributed by atoms with Crippen molar-refractivity contribution in [3.63, 3.8) is 0 Å². The Morgan fingerprint density at radius 1 is 1.23 bits per heavy atom. The third kappa shape index (κ3) is 4.63. The van der Waals surface area contributed by atoms with Crippen LogP contribution < -0.4 is 10.6 Å². The highest BCUT2D eigenvalue weighted by atomic mass is 32.1. The van der Waals surface area contributed by atoms with E-state index in [1.807, 2.05) is 0 Å². The molecule has 0 saturated heterocycles. The first-order chi connectivity index (χ1) is 12.3. The molecule has 7 heteroatoms. The Morgan fingerprint density at radius 3 is 2.62 bits per heavy atom. The van der Waals surface area contributed by atoms with Gasteiger partial charge in [-0.25, -0.2) is 0 Å². The molecule has 1 heterocycles. The van der Waals surface area contributed by atoms with Crippen molar-refractivity contribution in [3.8, 4) is 0 Å². The molecule has 0 aliphatic heterocycles. The van der Waals surface area contributed by atoms with Crippen molar-refractivity contribution in [2.24, 2.45) is 11.8 Å². The van der Waals surface area contributed by atoms with E-state index in [9.17, 15) is 14.4 Å². The van der Waals surface area contributed by atoms with Gasteiger partial charge in [0.15, 0.2) is 0 Å². The Kier molecular flexibility index (Phi) is 5.65. The number of carboxylic acid groups (broad SMARTS) is 1. The lowest BCUT2D eigenvalue weighted by Crippen LogP contribution is -2.28. The summed E-state index contributed by atoms with van der Waals surface area (Å²) in [5, 5.41) is 15.4. The number of fused-ring (bicyclic) bond motifs is 1. The van der Waals surface area contributed by atoms with Gasteiger partial charge in [-0.3, -0.25) is 14.4 Å². The maximum absolute atomic E-state index is 12.7. The smallest absolute Gasteiger partial charge is 0.303 e. The Balaban J connectivity index is 1.77. The van der Waals surface area contributed by atoms with Crippen LogP contribution in [0, 0.1) is 11.8 Å². The number of thiophene rings is 1. The number of carbonyl (C=O) groups excluding carboxylic acids is 2. The van der Waals surface area contributed by atoms with Crippen molar-refractivity contribution in [2.45, 2.75) is 64.8 Å². The van der Waals surface area contributed by atoms with Crippen LogP contribution in [-0.2, 0) is 22.4 Å². The molecule has 1 aromatic rings. The minimum atomic E-state index is -0.907. The summed E-state index contributed by atoms with van der Waals surface area (Å²) in [5.74, 6) is -0.889. The van der Waals surface area contributed by atoms with Crippen LogP contribution in [0.25, 0.3) is 0 Å². The van der Waals surface area contributed by atoms with E-state index in [2.05, 4.69) is 17.6 Å². The molecule has 2 aliphatic rings. The second-order valence-electron chi connectivity index (χ2n) is 7.76. The van der Waals surface area contributed by atoms with Crippen molar-refractivity contribution in [2.75, 3.05) is 5.32 Å². The van der Waals surface area contributed by atoms with Crippen molar-refractivity contribution in [1.82, 2.24) is 5.32 Å². The van der Waals surface area contributed by atoms with E-state index < -0.39 is 5.97 Å². The molecule has 1 fully saturated rings. The van der Waals surface area contributed by atoms with Crippen molar-refractivity contribution >= 4 is 34.1 Å². The van der Waals surface area contributed by atoms with Gasteiger partial charge < -0.3 is 15.7 Å². The van der Waals surface area contributed by atoms with Crippen LogP contribution in [0.15, 0.2) is 0 Å². The molecule has 0 radical (unpaired) electrons. The van der Waals surface area contributed by atoms with Gasteiger partial charge in [-0.05, 0) is 49.5 Å². The lowest BCUT2D eigenvalue weighted by molar-refractivity contribution is -0.138. The number of carboxylic acids is 1. The Hall–Kier alpha value is -1.89. The highest BCUT2D eigenvalue weighted by molar-refractivity contribution is 7.17. The molecule has 0 unspecified atom stereocenters. The Morgan fingerprint density at radius 2 is 1.96 bits per heavy atom. The molecular formula is C19H26N2O4S. The number of aliphatic carboxylic acids is 1. The van der Waals surface area contributed by atoms with E-state index in [1.165, 1.54) is 16.2 Å². The molecule has 142 valence electrons. The molecule has 2 aliphatic carbocycles. The number of rotatable bonds is 7. The monoisotopic (exact) mass is 378 g/mol. The van der Waals surface area contributed by atoms with E-state index >= 15 is 0 Å². The second kappa shape index (κ2) is 7.78. The van der Waals surface area contributed by atoms with E-state index in [4.69, 9.17) is 5.11 Å². The lowest BCUT2D eigenvalue weighted by Gasteiger charge is -2.18. The SMILES string of the molecule is C[C@@H](CC(=O)O)CC(=O)Nc1sc2c(c1C(=O)NC1CC1)CC[C@H](C)C2. The first kappa shape index (κ1) is 18.9. The third-order valence-electron chi connectivity index (χ3n) is 4.96. The summed E-state index contributed by atoms with van der Waals surface area (Å²) in [6.07, 6.45) is 4.99. The molecule has 3 rings (SSSR count). The summed E-state index contributed by atoms with van der Waals surface area (Å²) >= 11 is 1.50. The van der Waals surface area contributed by atoms with Crippen LogP contribution >= 0.6 is 11.3 Å². The van der Waals surface area contributed by atoms with Crippen molar-refractivity contribution in [1.29, 1.82) is 0 Å². The number of hydrogen-bond donors (Lipinski definition) is 3. The fraction of sp³-hybridized carbons (Fsp3) is 0.632. The van der Waals surface area contributed by atoms with E-state index in [1.54, 1.807) is 6.92 Å². The quantitative estimate of drug-likeness (QED) is 0.679. The van der Waals surface area contributed by atoms with Gasteiger partial charge in [-0.2, -0.15) is 0 Å². The van der Waals surface area contributed by atoms with Gasteiger partial charge in [0.2, 0.25) is 5.91 Å². The number of anilines is 1. The zero-order valence-corrected chi connectivity index (χ0v) is 16.1. The molecule has 26 heavy (non-hydrogen) atoms. The zero-order chi connectivity index (χ0) is 18.8. The fourth-order valence-corrected chi connectivity index (χ4v) is 4.85. The maximum Gasteiger partial charge on any atom is 0.303 e. The zero-order valence-electron chi connectivity index (χ0n) is 15.3. The van der Waals surface area contributed by atoms with Gasteiger partial charge in [0.05, 0.1) is 5.56 Å². The summed E-state index contributed by atoms with van der Waals surface area (Å²) in [4.78, 5) is 37.1. The summed E-state index contributed by atoms with van der Waals surface area (Å²) in [7, 11) is 0. The van der Waals surface area contributed by atoms with Gasteiger partial charge in [0.1, 0.15) is 5.00 Å². The molecule has 2 amide bonds. The standard InChI is InChI=1S/C19H26N2O4S/c1-10-3-6-13-14(7-10)26-19(17(13)18(25)20-12-4-5-12)21-15(22)8-11(2)9-16(23)24/h10-12H,3-9H2,1-2H3,(H,20,25)(H,21,22)(H,23,24)/t10-,11+/m0/s1. The van der Waals surface area contributed by atoms with Crippen LogP contribution in [0.1, 0.15) is 66.8 Å². The van der Waals surface area contributed by atoms with Crippen LogP contribution in [0.5, 0.6) is 0 Å². The minimum absolute atomic E-state index is 0.0408. The summed E-state index contributed by atoms with van der Waals surface area (Å²) in [6.45, 7) is 3.95. The number of carbonyl (C=O) groups is 3. The number of amides is 2. The average Bonchev–Trinajstić information content (AvgIpc) is 3.25. The molecule has 3 N–H and O–H groups in total. The predicted octanol–water partition coefficient (Wildman–Crippen LogP) is 3.20. The van der Waals surface area contributed by atoms with Gasteiger partial charge in [0, 0.05) is 23.8 Å². The average molecular weight is 378 g/mol. The van der Waals surface area contributed by atoms with E-state index in [0.29, 0.717) is 16.5 Å². The third-order valence-corrected chi connectivity index (χ3v) is 6.13. The molecule has 0 spiro atoms. The highest BCUT2D eigenvalue weighted by Crippen LogP contribution is 2.40. The van der Waals surface area contributed by atoms with Crippen LogP contribution in [0.4, 0.5) is 5.00 Å². The maximum atomic E-state index is 12.7. The molecule has 1 aromatic heterocycles. The van der Waals surface area contributed by atoms with E-state index in [-0.39, 0.29) is 36.6 Å². The number of hydrogen-bond acceptors (Lipinski definition) is 4. The molecule has 2 atom stereocenters. The Bertz CT molecular complexity index is 723. The fourth-order valence-electron chi connectivity index (χ4n) is 3.43. The molecular weight excluding hydrogens is 352 g/mol. The first-order valence-corrected chi connectivity index (χ1v) is 10.1. The minimum Gasteiger partial charge on any atom is -0.481 e. The van der Waals surface area contributed by atoms with Gasteiger partial charge in [0.25, 0.3) is 5.91 Å². The molecule has 0 aromatic carbocycles. The van der Waals surface area contributed by atoms with Crippen molar-refractivity contribution < 1.29 is 19.5 Å². The highest BCUT2D eigenvalue weighted by Gasteiger charge is 2.31. The van der Waals surface area contributed by atoms with Crippen LogP contribution in [-0.4, -0.2) is 28.9 Å². The summed E-state index contributed by atoms with van der Waals surface area (Å²) in [5.41, 5.74) is 1.71. The largest absolute Gasteiger partial charge is 0.481 e. The summed E-state index contributed by atoms with van der Waals surface area (Å²) < 4.78 is 0. The topological polar surface area (TPSA) is 95.5 Å². The van der Waals surface area contributed by atoms with Crippen LogP contribution in [0.2, 0.25) is 0 Å². The second-order valence-corrected chi connectivity index (χ2v) is 8.86. The first-order valence-electron chi connectivity index (χ1n) is 9.30.